The molecule has 0 aliphatic carbocycles. The van der Waals surface area contributed by atoms with E-state index in [9.17, 15) is 9.59 Å². The lowest BCUT2D eigenvalue weighted by atomic mass is 10.2. The first-order valence-corrected chi connectivity index (χ1v) is 8.05. The van der Waals surface area contributed by atoms with Crippen LogP contribution in [0.2, 0.25) is 5.02 Å². The van der Waals surface area contributed by atoms with Crippen LogP contribution >= 0.6 is 11.6 Å². The number of esters is 1. The predicted octanol–water partition coefficient (Wildman–Crippen LogP) is 2.68. The molecule has 0 atom stereocenters. The van der Waals surface area contributed by atoms with Crippen LogP contribution in [0.15, 0.2) is 41.3 Å². The van der Waals surface area contributed by atoms with Crippen molar-refractivity contribution in [2.24, 2.45) is 0 Å². The van der Waals surface area contributed by atoms with Crippen molar-refractivity contribution in [2.45, 2.75) is 13.3 Å². The van der Waals surface area contributed by atoms with Crippen LogP contribution in [0.3, 0.4) is 0 Å². The van der Waals surface area contributed by atoms with E-state index in [1.54, 1.807) is 30.5 Å². The summed E-state index contributed by atoms with van der Waals surface area (Å²) in [6, 6.07) is 8.73. The number of fused-ring (bicyclic) bond motifs is 1. The fourth-order valence-corrected chi connectivity index (χ4v) is 2.50. The highest BCUT2D eigenvalue weighted by Gasteiger charge is 2.09. The van der Waals surface area contributed by atoms with Gasteiger partial charge in [-0.1, -0.05) is 23.7 Å². The van der Waals surface area contributed by atoms with Gasteiger partial charge in [-0.25, -0.2) is 4.52 Å². The Balaban J connectivity index is 1.77. The zero-order chi connectivity index (χ0) is 17.8. The fourth-order valence-electron chi connectivity index (χ4n) is 2.31. The van der Waals surface area contributed by atoms with E-state index in [1.165, 1.54) is 11.4 Å². The largest absolute Gasteiger partial charge is 0.476 e. The number of hydrogen-bond acceptors (Lipinski definition) is 5. The standard InChI is InChI=1S/C17H16ClN3O4/c1-11(22)24-6-3-7-25-16-9-15-17(23)19-14(10-21(15)20-16)12-4-2-5-13(18)8-12/h2,4-5,8-10H,3,6-7H2,1H3,(H,19,23). The molecule has 0 bridgehead atoms. The molecule has 0 radical (unpaired) electrons. The number of aromatic amines is 1. The van der Waals surface area contributed by atoms with Crippen LogP contribution in [-0.4, -0.2) is 33.8 Å². The number of H-pyrrole nitrogens is 1. The van der Waals surface area contributed by atoms with Crippen molar-refractivity contribution >= 4 is 23.1 Å². The molecule has 0 amide bonds. The summed E-state index contributed by atoms with van der Waals surface area (Å²) < 4.78 is 11.8. The minimum Gasteiger partial charge on any atom is -0.476 e. The molecular weight excluding hydrogens is 346 g/mol. The Morgan fingerprint density at radius 2 is 2.16 bits per heavy atom. The van der Waals surface area contributed by atoms with Gasteiger partial charge in [-0.15, -0.1) is 5.10 Å². The van der Waals surface area contributed by atoms with Crippen LogP contribution in [0.1, 0.15) is 13.3 Å². The van der Waals surface area contributed by atoms with Gasteiger partial charge in [0, 0.05) is 30.0 Å². The molecule has 7 nitrogen and oxygen atoms in total. The normalized spacial score (nSPS) is 10.8. The average Bonchev–Trinajstić information content (AvgIpc) is 2.98. The van der Waals surface area contributed by atoms with Crippen molar-refractivity contribution in [3.05, 3.63) is 51.9 Å². The summed E-state index contributed by atoms with van der Waals surface area (Å²) in [5.74, 6) is 0.00405. The number of carbonyl (C=O) groups excluding carboxylic acids is 1. The third-order valence-electron chi connectivity index (χ3n) is 3.43. The van der Waals surface area contributed by atoms with Crippen LogP contribution in [0.5, 0.6) is 5.88 Å². The summed E-state index contributed by atoms with van der Waals surface area (Å²) in [4.78, 5) is 25.7. The molecule has 2 heterocycles. The van der Waals surface area contributed by atoms with Gasteiger partial charge < -0.3 is 14.5 Å². The van der Waals surface area contributed by atoms with Gasteiger partial charge in [0.05, 0.1) is 25.1 Å². The van der Waals surface area contributed by atoms with Crippen LogP contribution in [0, 0.1) is 0 Å². The Morgan fingerprint density at radius 3 is 2.92 bits per heavy atom. The second kappa shape index (κ2) is 7.40. The van der Waals surface area contributed by atoms with Gasteiger partial charge in [-0.05, 0) is 12.1 Å². The summed E-state index contributed by atoms with van der Waals surface area (Å²) in [7, 11) is 0. The van der Waals surface area contributed by atoms with Crippen LogP contribution in [-0.2, 0) is 9.53 Å². The van der Waals surface area contributed by atoms with Crippen molar-refractivity contribution in [2.75, 3.05) is 13.2 Å². The number of rotatable bonds is 6. The van der Waals surface area contributed by atoms with Crippen LogP contribution in [0.4, 0.5) is 0 Å². The Morgan fingerprint density at radius 1 is 1.32 bits per heavy atom. The molecule has 1 aromatic carbocycles. The minimum atomic E-state index is -0.326. The molecule has 0 fully saturated rings. The third-order valence-corrected chi connectivity index (χ3v) is 3.66. The predicted molar refractivity (Wildman–Crippen MR) is 93.0 cm³/mol. The van der Waals surface area contributed by atoms with E-state index in [2.05, 4.69) is 10.1 Å². The molecule has 0 unspecified atom stereocenters. The number of hydrogen-bond donors (Lipinski definition) is 1. The molecule has 8 heteroatoms. The molecule has 130 valence electrons. The molecule has 1 N–H and O–H groups in total. The molecular formula is C17H16ClN3O4. The smallest absolute Gasteiger partial charge is 0.302 e. The summed E-state index contributed by atoms with van der Waals surface area (Å²) in [5, 5.41) is 4.83. The van der Waals surface area contributed by atoms with Gasteiger partial charge >= 0.3 is 5.97 Å². The Hall–Kier alpha value is -2.80. The molecule has 0 saturated heterocycles. The maximum atomic E-state index is 12.3. The van der Waals surface area contributed by atoms with E-state index in [1.807, 2.05) is 6.07 Å². The Bertz CT molecular complexity index is 964. The number of halogens is 1. The number of aromatic nitrogens is 3. The first-order valence-electron chi connectivity index (χ1n) is 7.68. The van der Waals surface area contributed by atoms with Crippen molar-refractivity contribution in [1.29, 1.82) is 0 Å². The van der Waals surface area contributed by atoms with Gasteiger partial charge in [0.25, 0.3) is 5.56 Å². The van der Waals surface area contributed by atoms with Crippen LogP contribution < -0.4 is 10.3 Å². The van der Waals surface area contributed by atoms with Crippen molar-refractivity contribution in [3.8, 4) is 17.1 Å². The van der Waals surface area contributed by atoms with Gasteiger partial charge in [-0.2, -0.15) is 0 Å². The van der Waals surface area contributed by atoms with Crippen LogP contribution in [0.25, 0.3) is 16.8 Å². The molecule has 3 aromatic rings. The number of benzene rings is 1. The van der Waals surface area contributed by atoms with Crippen molar-refractivity contribution in [1.82, 2.24) is 14.6 Å². The number of nitrogens with zero attached hydrogens (tertiary/aromatic N) is 2. The van der Waals surface area contributed by atoms with E-state index < -0.39 is 0 Å². The van der Waals surface area contributed by atoms with E-state index >= 15 is 0 Å². The lowest BCUT2D eigenvalue weighted by molar-refractivity contribution is -0.141. The topological polar surface area (TPSA) is 85.7 Å². The maximum Gasteiger partial charge on any atom is 0.302 e. The minimum absolute atomic E-state index is 0.278. The van der Waals surface area contributed by atoms with Crippen molar-refractivity contribution in [3.63, 3.8) is 0 Å². The number of carbonyl (C=O) groups is 1. The maximum absolute atomic E-state index is 12.3. The Labute approximate surface area is 148 Å². The summed E-state index contributed by atoms with van der Waals surface area (Å²) in [6.07, 6.45) is 2.24. The molecule has 0 saturated carbocycles. The molecule has 2 aromatic heterocycles. The highest BCUT2D eigenvalue weighted by molar-refractivity contribution is 6.30. The third kappa shape index (κ3) is 4.19. The summed E-state index contributed by atoms with van der Waals surface area (Å²) >= 11 is 5.99. The second-order valence-corrected chi connectivity index (χ2v) is 5.80. The zero-order valence-electron chi connectivity index (χ0n) is 13.5. The van der Waals surface area contributed by atoms with Gasteiger partial charge in [0.2, 0.25) is 5.88 Å². The highest BCUT2D eigenvalue weighted by Crippen LogP contribution is 2.21. The molecule has 3 rings (SSSR count). The van der Waals surface area contributed by atoms with E-state index in [0.717, 1.165) is 5.56 Å². The summed E-state index contributed by atoms with van der Waals surface area (Å²) in [6.45, 7) is 1.96. The number of ether oxygens (including phenoxy) is 2. The first kappa shape index (κ1) is 17.0. The van der Waals surface area contributed by atoms with E-state index in [0.29, 0.717) is 35.1 Å². The Kier molecular flexibility index (Phi) is 5.04. The van der Waals surface area contributed by atoms with E-state index in [-0.39, 0.29) is 18.1 Å². The van der Waals surface area contributed by atoms with Gasteiger partial charge in [0.1, 0.15) is 5.52 Å². The SMILES string of the molecule is CC(=O)OCCCOc1cc2c(=O)[nH]c(-c3cccc(Cl)c3)cn2n1. The van der Waals surface area contributed by atoms with E-state index in [4.69, 9.17) is 21.1 Å². The quantitative estimate of drug-likeness (QED) is 0.539. The molecule has 0 aliphatic heterocycles. The molecule has 25 heavy (non-hydrogen) atoms. The molecule has 0 aliphatic rings. The second-order valence-electron chi connectivity index (χ2n) is 5.36. The molecule has 0 spiro atoms. The van der Waals surface area contributed by atoms with Crippen molar-refractivity contribution < 1.29 is 14.3 Å². The van der Waals surface area contributed by atoms with Gasteiger partial charge in [-0.3, -0.25) is 9.59 Å². The lowest BCUT2D eigenvalue weighted by Crippen LogP contribution is -2.10. The zero-order valence-corrected chi connectivity index (χ0v) is 14.2. The highest BCUT2D eigenvalue weighted by atomic mass is 35.5. The fraction of sp³-hybridized carbons (Fsp3) is 0.235. The lowest BCUT2D eigenvalue weighted by Gasteiger charge is -2.03. The van der Waals surface area contributed by atoms with Gasteiger partial charge in [0.15, 0.2) is 0 Å². The average molecular weight is 362 g/mol. The summed E-state index contributed by atoms with van der Waals surface area (Å²) in [5.41, 5.74) is 1.48. The monoisotopic (exact) mass is 361 g/mol. The first-order chi connectivity index (χ1) is 12.0. The number of nitrogens with one attached hydrogen (secondary N) is 1.